The van der Waals surface area contributed by atoms with Crippen molar-refractivity contribution in [3.05, 3.63) is 59.4 Å². The van der Waals surface area contributed by atoms with E-state index in [0.717, 1.165) is 5.56 Å². The van der Waals surface area contributed by atoms with Crippen molar-refractivity contribution in [2.75, 3.05) is 17.6 Å². The fourth-order valence-corrected chi connectivity index (χ4v) is 1.95. The van der Waals surface area contributed by atoms with E-state index in [2.05, 4.69) is 5.32 Å². The average Bonchev–Trinajstić information content (AvgIpc) is 2.40. The third-order valence-corrected chi connectivity index (χ3v) is 2.93. The first-order valence-electron chi connectivity index (χ1n) is 6.24. The maximum atomic E-state index is 13.0. The normalized spacial score (nSPS) is 10.2. The molecular formula is C15H16FN3O. The maximum Gasteiger partial charge on any atom is 0.250 e. The van der Waals surface area contributed by atoms with Crippen LogP contribution in [0.1, 0.15) is 15.9 Å². The van der Waals surface area contributed by atoms with E-state index in [1.54, 1.807) is 18.2 Å². The van der Waals surface area contributed by atoms with Gasteiger partial charge >= 0.3 is 0 Å². The molecule has 0 radical (unpaired) electrons. The summed E-state index contributed by atoms with van der Waals surface area (Å²) in [6.07, 6.45) is 0.639. The van der Waals surface area contributed by atoms with E-state index in [9.17, 15) is 9.18 Å². The zero-order valence-corrected chi connectivity index (χ0v) is 10.9. The van der Waals surface area contributed by atoms with Gasteiger partial charge in [0.2, 0.25) is 0 Å². The molecule has 5 heteroatoms. The van der Waals surface area contributed by atoms with Gasteiger partial charge in [-0.05, 0) is 42.3 Å². The Morgan fingerprint density at radius 1 is 1.20 bits per heavy atom. The lowest BCUT2D eigenvalue weighted by atomic mass is 10.1. The van der Waals surface area contributed by atoms with E-state index < -0.39 is 5.91 Å². The Kier molecular flexibility index (Phi) is 4.20. The standard InChI is InChI=1S/C15H16FN3O/c16-11-3-1-2-10(8-11)6-7-19-14-5-4-12(17)9-13(14)15(18)20/h1-5,8-9,19H,6-7,17H2,(H2,18,20). The fraction of sp³-hybridized carbons (Fsp3) is 0.133. The van der Waals surface area contributed by atoms with Gasteiger partial charge in [0.25, 0.3) is 5.91 Å². The Balaban J connectivity index is 2.02. The lowest BCUT2D eigenvalue weighted by Crippen LogP contribution is -2.16. The number of benzene rings is 2. The molecule has 0 aliphatic heterocycles. The number of hydrogen-bond donors (Lipinski definition) is 3. The number of carbonyl (C=O) groups is 1. The molecule has 0 aliphatic rings. The van der Waals surface area contributed by atoms with Crippen molar-refractivity contribution in [2.24, 2.45) is 5.73 Å². The summed E-state index contributed by atoms with van der Waals surface area (Å²) in [7, 11) is 0. The number of amides is 1. The molecule has 0 fully saturated rings. The first kappa shape index (κ1) is 13.9. The third kappa shape index (κ3) is 3.47. The largest absolute Gasteiger partial charge is 0.399 e. The van der Waals surface area contributed by atoms with Crippen molar-refractivity contribution in [1.82, 2.24) is 0 Å². The highest BCUT2D eigenvalue weighted by Crippen LogP contribution is 2.18. The lowest BCUT2D eigenvalue weighted by Gasteiger charge is -2.11. The van der Waals surface area contributed by atoms with Gasteiger partial charge in [0, 0.05) is 17.9 Å². The number of anilines is 2. The second-order valence-corrected chi connectivity index (χ2v) is 4.48. The van der Waals surface area contributed by atoms with Gasteiger partial charge in [0.15, 0.2) is 0 Å². The van der Waals surface area contributed by atoms with Crippen LogP contribution in [0.2, 0.25) is 0 Å². The molecule has 0 unspecified atom stereocenters. The minimum Gasteiger partial charge on any atom is -0.399 e. The van der Waals surface area contributed by atoms with Gasteiger partial charge in [0.1, 0.15) is 5.82 Å². The Morgan fingerprint density at radius 2 is 2.00 bits per heavy atom. The van der Waals surface area contributed by atoms with Crippen LogP contribution in [-0.4, -0.2) is 12.5 Å². The highest BCUT2D eigenvalue weighted by molar-refractivity contribution is 5.99. The molecule has 1 amide bonds. The van der Waals surface area contributed by atoms with Gasteiger partial charge in [-0.25, -0.2) is 4.39 Å². The van der Waals surface area contributed by atoms with Crippen molar-refractivity contribution in [3.8, 4) is 0 Å². The van der Waals surface area contributed by atoms with Crippen molar-refractivity contribution in [1.29, 1.82) is 0 Å². The van der Waals surface area contributed by atoms with Crippen LogP contribution in [0.5, 0.6) is 0 Å². The van der Waals surface area contributed by atoms with Crippen molar-refractivity contribution in [3.63, 3.8) is 0 Å². The highest BCUT2D eigenvalue weighted by atomic mass is 19.1. The van der Waals surface area contributed by atoms with Gasteiger partial charge < -0.3 is 16.8 Å². The summed E-state index contributed by atoms with van der Waals surface area (Å²) in [5.74, 6) is -0.793. The van der Waals surface area contributed by atoms with Gasteiger partial charge in [-0.2, -0.15) is 0 Å². The zero-order valence-electron chi connectivity index (χ0n) is 10.9. The second-order valence-electron chi connectivity index (χ2n) is 4.48. The summed E-state index contributed by atoms with van der Waals surface area (Å²) < 4.78 is 13.0. The lowest BCUT2D eigenvalue weighted by molar-refractivity contribution is 0.100. The summed E-state index contributed by atoms with van der Waals surface area (Å²) in [6.45, 7) is 0.563. The molecule has 5 N–H and O–H groups in total. The minimum absolute atomic E-state index is 0.257. The molecule has 2 aromatic carbocycles. The van der Waals surface area contributed by atoms with Crippen LogP contribution in [0.3, 0.4) is 0 Å². The molecule has 2 aromatic rings. The fourth-order valence-electron chi connectivity index (χ4n) is 1.95. The van der Waals surface area contributed by atoms with E-state index in [-0.39, 0.29) is 5.82 Å². The van der Waals surface area contributed by atoms with E-state index in [1.807, 2.05) is 6.07 Å². The number of nitrogen functional groups attached to an aromatic ring is 1. The Hall–Kier alpha value is -2.56. The van der Waals surface area contributed by atoms with Crippen molar-refractivity contribution >= 4 is 17.3 Å². The number of carbonyl (C=O) groups excluding carboxylic acids is 1. The molecule has 0 saturated carbocycles. The molecule has 0 bridgehead atoms. The SMILES string of the molecule is NC(=O)c1cc(N)ccc1NCCc1cccc(F)c1. The summed E-state index contributed by atoms with van der Waals surface area (Å²) in [5, 5.41) is 3.11. The summed E-state index contributed by atoms with van der Waals surface area (Å²) in [4.78, 5) is 11.3. The molecule has 0 atom stereocenters. The predicted octanol–water partition coefficient (Wildman–Crippen LogP) is 2.16. The second kappa shape index (κ2) is 6.06. The van der Waals surface area contributed by atoms with Crippen LogP contribution in [0, 0.1) is 5.82 Å². The van der Waals surface area contributed by atoms with Crippen LogP contribution in [0.15, 0.2) is 42.5 Å². The Labute approximate surface area is 116 Å². The van der Waals surface area contributed by atoms with Crippen molar-refractivity contribution in [2.45, 2.75) is 6.42 Å². The molecular weight excluding hydrogens is 257 g/mol. The Bertz CT molecular complexity index is 628. The van der Waals surface area contributed by atoms with Crippen LogP contribution in [0.25, 0.3) is 0 Å². The number of hydrogen-bond acceptors (Lipinski definition) is 3. The van der Waals surface area contributed by atoms with Crippen LogP contribution in [-0.2, 0) is 6.42 Å². The number of halogens is 1. The highest BCUT2D eigenvalue weighted by Gasteiger charge is 2.08. The smallest absolute Gasteiger partial charge is 0.250 e. The van der Waals surface area contributed by atoms with Gasteiger partial charge in [-0.15, -0.1) is 0 Å². The summed E-state index contributed by atoms with van der Waals surface area (Å²) in [6, 6.07) is 11.3. The summed E-state index contributed by atoms with van der Waals surface area (Å²) >= 11 is 0. The minimum atomic E-state index is -0.537. The van der Waals surface area contributed by atoms with E-state index in [1.165, 1.54) is 18.2 Å². The molecule has 0 aromatic heterocycles. The molecule has 104 valence electrons. The van der Waals surface area contributed by atoms with Gasteiger partial charge in [-0.1, -0.05) is 12.1 Å². The molecule has 0 aliphatic carbocycles. The predicted molar refractivity (Wildman–Crippen MR) is 78.0 cm³/mol. The topological polar surface area (TPSA) is 81.1 Å². The zero-order chi connectivity index (χ0) is 14.5. The molecule has 0 spiro atoms. The van der Waals surface area contributed by atoms with Gasteiger partial charge in [-0.3, -0.25) is 4.79 Å². The number of rotatable bonds is 5. The summed E-state index contributed by atoms with van der Waals surface area (Å²) in [5.41, 5.74) is 13.3. The number of nitrogens with two attached hydrogens (primary N) is 2. The first-order valence-corrected chi connectivity index (χ1v) is 6.24. The molecule has 0 heterocycles. The van der Waals surface area contributed by atoms with E-state index in [4.69, 9.17) is 11.5 Å². The maximum absolute atomic E-state index is 13.0. The van der Waals surface area contributed by atoms with Crippen LogP contribution >= 0.6 is 0 Å². The van der Waals surface area contributed by atoms with E-state index >= 15 is 0 Å². The first-order chi connectivity index (χ1) is 9.56. The number of primary amides is 1. The Morgan fingerprint density at radius 3 is 2.70 bits per heavy atom. The number of nitrogens with one attached hydrogen (secondary N) is 1. The quantitative estimate of drug-likeness (QED) is 0.730. The molecule has 2 rings (SSSR count). The molecule has 0 saturated heterocycles. The van der Waals surface area contributed by atoms with Crippen LogP contribution in [0.4, 0.5) is 15.8 Å². The average molecular weight is 273 g/mol. The molecule has 20 heavy (non-hydrogen) atoms. The van der Waals surface area contributed by atoms with Gasteiger partial charge in [0.05, 0.1) is 5.56 Å². The van der Waals surface area contributed by atoms with E-state index in [0.29, 0.717) is 29.9 Å². The third-order valence-electron chi connectivity index (χ3n) is 2.93. The van der Waals surface area contributed by atoms with Crippen LogP contribution < -0.4 is 16.8 Å². The van der Waals surface area contributed by atoms with Crippen molar-refractivity contribution < 1.29 is 9.18 Å². The molecule has 4 nitrogen and oxygen atoms in total. The monoisotopic (exact) mass is 273 g/mol.